The third kappa shape index (κ3) is 4.50. The van der Waals surface area contributed by atoms with Gasteiger partial charge in [0.15, 0.2) is 5.16 Å². The van der Waals surface area contributed by atoms with Gasteiger partial charge in [0.25, 0.3) is 5.91 Å². The molecule has 0 radical (unpaired) electrons. The van der Waals surface area contributed by atoms with Gasteiger partial charge in [0.05, 0.1) is 10.9 Å². The minimum atomic E-state index is -0.328. The Morgan fingerprint density at radius 1 is 1.22 bits per heavy atom. The van der Waals surface area contributed by atoms with Crippen molar-refractivity contribution >= 4 is 23.6 Å². The predicted molar refractivity (Wildman–Crippen MR) is 91.1 cm³/mol. The lowest BCUT2D eigenvalue weighted by Crippen LogP contribution is -2.44. The predicted octanol–water partition coefficient (Wildman–Crippen LogP) is 2.65. The summed E-state index contributed by atoms with van der Waals surface area (Å²) in [6.45, 7) is 7.30. The molecule has 1 fully saturated rings. The first-order valence-corrected chi connectivity index (χ1v) is 9.06. The van der Waals surface area contributed by atoms with E-state index >= 15 is 0 Å². The van der Waals surface area contributed by atoms with Crippen molar-refractivity contribution in [1.82, 2.24) is 20.4 Å². The van der Waals surface area contributed by atoms with Crippen molar-refractivity contribution in [3.05, 3.63) is 11.4 Å². The molecule has 2 amide bonds. The van der Waals surface area contributed by atoms with E-state index < -0.39 is 0 Å². The molecule has 2 N–H and O–H groups in total. The number of imidazole rings is 1. The zero-order valence-electron chi connectivity index (χ0n) is 14.3. The fourth-order valence-electron chi connectivity index (χ4n) is 2.91. The van der Waals surface area contributed by atoms with Crippen LogP contribution in [0.25, 0.3) is 0 Å². The zero-order chi connectivity index (χ0) is 17.0. The molecule has 23 heavy (non-hydrogen) atoms. The van der Waals surface area contributed by atoms with Crippen LogP contribution in [-0.2, 0) is 9.59 Å². The first kappa shape index (κ1) is 17.8. The molecule has 0 aliphatic heterocycles. The van der Waals surface area contributed by atoms with Crippen LogP contribution >= 0.6 is 11.8 Å². The summed E-state index contributed by atoms with van der Waals surface area (Å²) in [5.41, 5.74) is 6.96. The molecular weight excluding hydrogens is 312 g/mol. The number of aryl methyl sites for hydroxylation is 1. The Labute approximate surface area is 141 Å². The number of amides is 2. The Hall–Kier alpha value is -1.50. The van der Waals surface area contributed by atoms with Gasteiger partial charge in [-0.15, -0.1) is 0 Å². The van der Waals surface area contributed by atoms with E-state index in [2.05, 4.69) is 27.3 Å². The molecule has 2 rings (SSSR count). The van der Waals surface area contributed by atoms with Crippen LogP contribution in [-0.4, -0.2) is 26.6 Å². The molecule has 7 heteroatoms. The maximum atomic E-state index is 12.0. The number of carbonyl (C=O) groups is 2. The third-order valence-corrected chi connectivity index (χ3v) is 5.37. The van der Waals surface area contributed by atoms with Gasteiger partial charge in [-0.2, -0.15) is 0 Å². The highest BCUT2D eigenvalue weighted by molar-refractivity contribution is 8.00. The van der Waals surface area contributed by atoms with Crippen molar-refractivity contribution in [2.24, 2.45) is 0 Å². The number of rotatable bonds is 4. The van der Waals surface area contributed by atoms with E-state index in [0.717, 1.165) is 10.9 Å². The molecular formula is C16H26N4O2S. The van der Waals surface area contributed by atoms with Gasteiger partial charge in [0.2, 0.25) is 5.91 Å². The summed E-state index contributed by atoms with van der Waals surface area (Å²) in [4.78, 5) is 27.6. The molecule has 1 saturated carbocycles. The maximum Gasteiger partial charge on any atom is 0.251 e. The first-order chi connectivity index (χ1) is 10.9. The first-order valence-electron chi connectivity index (χ1n) is 8.18. The van der Waals surface area contributed by atoms with Gasteiger partial charge in [0.1, 0.15) is 0 Å². The van der Waals surface area contributed by atoms with Gasteiger partial charge in [-0.3, -0.25) is 20.4 Å². The van der Waals surface area contributed by atoms with Crippen molar-refractivity contribution in [1.29, 1.82) is 0 Å². The number of carbonyl (C=O) groups excluding carboxylic acids is 2. The molecule has 0 spiro atoms. The summed E-state index contributed by atoms with van der Waals surface area (Å²) in [5, 5.41) is 0.572. The largest absolute Gasteiger partial charge is 0.320 e. The van der Waals surface area contributed by atoms with E-state index in [0.29, 0.717) is 6.04 Å². The van der Waals surface area contributed by atoms with Crippen molar-refractivity contribution in [2.45, 2.75) is 76.2 Å². The average Bonchev–Trinajstić information content (AvgIpc) is 2.80. The quantitative estimate of drug-likeness (QED) is 0.654. The Bertz CT molecular complexity index is 579. The monoisotopic (exact) mass is 338 g/mol. The molecule has 6 nitrogen and oxygen atoms in total. The lowest BCUT2D eigenvalue weighted by atomic mass is 9.95. The number of nitrogens with zero attached hydrogens (tertiary/aromatic N) is 2. The Kier molecular flexibility index (Phi) is 6.10. The molecule has 1 unspecified atom stereocenters. The molecule has 1 heterocycles. The van der Waals surface area contributed by atoms with Crippen LogP contribution in [0, 0.1) is 13.8 Å². The van der Waals surface area contributed by atoms with Crippen LogP contribution in [0.5, 0.6) is 0 Å². The van der Waals surface area contributed by atoms with Gasteiger partial charge >= 0.3 is 0 Å². The van der Waals surface area contributed by atoms with E-state index in [9.17, 15) is 9.59 Å². The summed E-state index contributed by atoms with van der Waals surface area (Å²) in [6, 6.07) is 0.484. The van der Waals surface area contributed by atoms with Gasteiger partial charge in [-0.05, 0) is 33.6 Å². The van der Waals surface area contributed by atoms with E-state index in [1.165, 1.54) is 56.5 Å². The molecule has 1 aliphatic carbocycles. The smallest absolute Gasteiger partial charge is 0.251 e. The van der Waals surface area contributed by atoms with Crippen LogP contribution in [0.2, 0.25) is 0 Å². The third-order valence-electron chi connectivity index (χ3n) is 4.31. The van der Waals surface area contributed by atoms with Crippen molar-refractivity contribution in [3.8, 4) is 0 Å². The van der Waals surface area contributed by atoms with E-state index in [4.69, 9.17) is 0 Å². The topological polar surface area (TPSA) is 76.0 Å². The summed E-state index contributed by atoms with van der Waals surface area (Å²) in [6.07, 6.45) is 6.17. The van der Waals surface area contributed by atoms with E-state index in [1.54, 1.807) is 0 Å². The minimum Gasteiger partial charge on any atom is -0.320 e. The fraction of sp³-hybridized carbons (Fsp3) is 0.688. The highest BCUT2D eigenvalue weighted by Crippen LogP contribution is 2.35. The van der Waals surface area contributed by atoms with E-state index in [1.807, 2.05) is 13.8 Å². The molecule has 1 aromatic rings. The number of hydrogen-bond acceptors (Lipinski definition) is 4. The molecule has 1 aliphatic rings. The van der Waals surface area contributed by atoms with Crippen molar-refractivity contribution < 1.29 is 9.59 Å². The average molecular weight is 338 g/mol. The van der Waals surface area contributed by atoms with Crippen LogP contribution in [0.4, 0.5) is 0 Å². The van der Waals surface area contributed by atoms with Crippen LogP contribution < -0.4 is 10.9 Å². The molecule has 1 atom stereocenters. The fourth-order valence-corrected chi connectivity index (χ4v) is 3.98. The Balaban J connectivity index is 2.11. The molecule has 1 aromatic heterocycles. The van der Waals surface area contributed by atoms with Gasteiger partial charge in [-0.25, -0.2) is 4.98 Å². The molecule has 0 bridgehead atoms. The Morgan fingerprint density at radius 2 is 1.87 bits per heavy atom. The minimum absolute atomic E-state index is 0.223. The van der Waals surface area contributed by atoms with Crippen LogP contribution in [0.1, 0.15) is 63.4 Å². The second-order valence-corrected chi connectivity index (χ2v) is 7.47. The van der Waals surface area contributed by atoms with E-state index in [-0.39, 0.29) is 17.1 Å². The summed E-state index contributed by atoms with van der Waals surface area (Å²) in [7, 11) is 0. The number of hydrazine groups is 1. The van der Waals surface area contributed by atoms with Gasteiger partial charge < -0.3 is 4.57 Å². The normalized spacial score (nSPS) is 16.9. The summed E-state index contributed by atoms with van der Waals surface area (Å²) < 4.78 is 2.31. The SMILES string of the molecule is CC(=O)NNC(=O)C(C)Sc1nc(C)c(C)n1C1CCCCC1. The van der Waals surface area contributed by atoms with Gasteiger partial charge in [-0.1, -0.05) is 31.0 Å². The second kappa shape index (κ2) is 7.86. The second-order valence-electron chi connectivity index (χ2n) is 6.16. The zero-order valence-corrected chi connectivity index (χ0v) is 15.1. The lowest BCUT2D eigenvalue weighted by molar-refractivity contribution is -0.127. The van der Waals surface area contributed by atoms with Crippen molar-refractivity contribution in [2.75, 3.05) is 0 Å². The number of thioether (sulfide) groups is 1. The van der Waals surface area contributed by atoms with Gasteiger partial charge in [0, 0.05) is 18.7 Å². The molecule has 128 valence electrons. The van der Waals surface area contributed by atoms with Crippen LogP contribution in [0.15, 0.2) is 5.16 Å². The maximum absolute atomic E-state index is 12.0. The van der Waals surface area contributed by atoms with Crippen LogP contribution in [0.3, 0.4) is 0 Å². The van der Waals surface area contributed by atoms with Crippen molar-refractivity contribution in [3.63, 3.8) is 0 Å². The lowest BCUT2D eigenvalue weighted by Gasteiger charge is -2.26. The number of hydrogen-bond donors (Lipinski definition) is 2. The molecule has 0 aromatic carbocycles. The number of nitrogens with one attached hydrogen (secondary N) is 2. The molecule has 0 saturated heterocycles. The standard InChI is InChI=1S/C16H26N4O2S/c1-10-11(2)20(14-8-6-5-7-9-14)16(17-10)23-12(3)15(22)19-18-13(4)21/h12,14H,5-9H2,1-4H3,(H,18,21)(H,19,22). The highest BCUT2D eigenvalue weighted by atomic mass is 32.2. The summed E-state index contributed by atoms with van der Waals surface area (Å²) >= 11 is 1.45. The Morgan fingerprint density at radius 3 is 2.48 bits per heavy atom. The summed E-state index contributed by atoms with van der Waals surface area (Å²) in [5.74, 6) is -0.510. The number of aromatic nitrogens is 2. The highest BCUT2D eigenvalue weighted by Gasteiger charge is 2.25.